The topological polar surface area (TPSA) is 85.0 Å². The van der Waals surface area contributed by atoms with E-state index in [4.69, 9.17) is 15.2 Å². The van der Waals surface area contributed by atoms with E-state index >= 15 is 0 Å². The lowest BCUT2D eigenvalue weighted by Crippen LogP contribution is -2.65. The number of nitrogens with two attached hydrogens (primary N) is 1. The predicted octanol–water partition coefficient (Wildman–Crippen LogP) is 0.866. The van der Waals surface area contributed by atoms with Crippen molar-refractivity contribution in [1.29, 1.82) is 0 Å². The second-order valence-corrected chi connectivity index (χ2v) is 6.96. The van der Waals surface area contributed by atoms with Crippen molar-refractivity contribution in [2.75, 3.05) is 26.3 Å². The van der Waals surface area contributed by atoms with Crippen molar-refractivity contribution in [2.24, 2.45) is 5.73 Å². The first kappa shape index (κ1) is 15.5. The summed E-state index contributed by atoms with van der Waals surface area (Å²) < 4.78 is 10.7. The van der Waals surface area contributed by atoms with Crippen LogP contribution >= 0.6 is 0 Å². The van der Waals surface area contributed by atoms with Crippen LogP contribution in [-0.4, -0.2) is 59.1 Å². The summed E-state index contributed by atoms with van der Waals surface area (Å²) in [7, 11) is 0. The lowest BCUT2D eigenvalue weighted by molar-refractivity contribution is -0.0823. The second kappa shape index (κ2) is 5.16. The molecule has 1 atom stereocenters. The SMILES string of the molecule is CC(C)(C)OC(=O)N1CCC(O)(C2(N)CCOC2)CC1. The van der Waals surface area contributed by atoms with Crippen LogP contribution in [0.15, 0.2) is 0 Å². The Morgan fingerprint density at radius 1 is 1.30 bits per heavy atom. The Balaban J connectivity index is 1.93. The van der Waals surface area contributed by atoms with Gasteiger partial charge in [-0.3, -0.25) is 0 Å². The lowest BCUT2D eigenvalue weighted by Gasteiger charge is -2.46. The Hall–Kier alpha value is -0.850. The van der Waals surface area contributed by atoms with Crippen LogP contribution in [0.4, 0.5) is 4.79 Å². The largest absolute Gasteiger partial charge is 0.444 e. The second-order valence-electron chi connectivity index (χ2n) is 6.96. The van der Waals surface area contributed by atoms with Gasteiger partial charge in [-0.2, -0.15) is 0 Å². The molecule has 0 radical (unpaired) electrons. The molecule has 2 heterocycles. The molecule has 1 amide bonds. The van der Waals surface area contributed by atoms with Crippen molar-refractivity contribution >= 4 is 6.09 Å². The fraction of sp³-hybridized carbons (Fsp3) is 0.929. The average Bonchev–Trinajstić information content (AvgIpc) is 2.76. The van der Waals surface area contributed by atoms with Crippen molar-refractivity contribution in [3.63, 3.8) is 0 Å². The summed E-state index contributed by atoms with van der Waals surface area (Å²) >= 11 is 0. The van der Waals surface area contributed by atoms with Crippen molar-refractivity contribution in [3.05, 3.63) is 0 Å². The molecule has 3 N–H and O–H groups in total. The highest BCUT2D eigenvalue weighted by Crippen LogP contribution is 2.36. The van der Waals surface area contributed by atoms with E-state index < -0.39 is 16.7 Å². The van der Waals surface area contributed by atoms with Gasteiger partial charge in [0.2, 0.25) is 0 Å². The lowest BCUT2D eigenvalue weighted by atomic mass is 9.73. The summed E-state index contributed by atoms with van der Waals surface area (Å²) in [6.07, 6.45) is 1.27. The minimum Gasteiger partial charge on any atom is -0.444 e. The minimum atomic E-state index is -0.956. The zero-order valence-electron chi connectivity index (χ0n) is 12.6. The number of hydrogen-bond donors (Lipinski definition) is 2. The number of piperidine rings is 1. The quantitative estimate of drug-likeness (QED) is 0.747. The molecule has 0 bridgehead atoms. The monoisotopic (exact) mass is 286 g/mol. The number of aliphatic hydroxyl groups is 1. The molecule has 0 saturated carbocycles. The van der Waals surface area contributed by atoms with Crippen LogP contribution in [0.25, 0.3) is 0 Å². The number of carbonyl (C=O) groups is 1. The minimum absolute atomic E-state index is 0.326. The number of amides is 1. The number of likely N-dealkylation sites (tertiary alicyclic amines) is 1. The van der Waals surface area contributed by atoms with Gasteiger partial charge in [0, 0.05) is 19.7 Å². The average molecular weight is 286 g/mol. The van der Waals surface area contributed by atoms with Gasteiger partial charge in [0.15, 0.2) is 0 Å². The van der Waals surface area contributed by atoms with E-state index in [0.29, 0.717) is 45.6 Å². The first-order valence-electron chi connectivity index (χ1n) is 7.22. The fourth-order valence-corrected chi connectivity index (χ4v) is 2.83. The number of rotatable bonds is 1. The number of ether oxygens (including phenoxy) is 2. The van der Waals surface area contributed by atoms with Gasteiger partial charge in [0.05, 0.1) is 17.7 Å². The van der Waals surface area contributed by atoms with Crippen LogP contribution in [0.5, 0.6) is 0 Å². The van der Waals surface area contributed by atoms with Crippen LogP contribution < -0.4 is 5.73 Å². The van der Waals surface area contributed by atoms with Crippen LogP contribution in [0, 0.1) is 0 Å². The van der Waals surface area contributed by atoms with Crippen LogP contribution in [-0.2, 0) is 9.47 Å². The Bertz CT molecular complexity index is 364. The molecule has 6 heteroatoms. The molecule has 2 aliphatic rings. The fourth-order valence-electron chi connectivity index (χ4n) is 2.83. The molecule has 20 heavy (non-hydrogen) atoms. The third kappa shape index (κ3) is 3.07. The number of hydrogen-bond acceptors (Lipinski definition) is 5. The number of nitrogens with zero attached hydrogens (tertiary/aromatic N) is 1. The smallest absolute Gasteiger partial charge is 0.410 e. The third-order valence-electron chi connectivity index (χ3n) is 4.22. The Kier molecular flexibility index (Phi) is 4.01. The van der Waals surface area contributed by atoms with Crippen molar-refractivity contribution in [3.8, 4) is 0 Å². The van der Waals surface area contributed by atoms with Gasteiger partial charge in [-0.15, -0.1) is 0 Å². The van der Waals surface area contributed by atoms with E-state index in [1.807, 2.05) is 20.8 Å². The summed E-state index contributed by atoms with van der Waals surface area (Å²) in [4.78, 5) is 13.6. The summed E-state index contributed by atoms with van der Waals surface area (Å²) in [5.41, 5.74) is 4.14. The molecule has 116 valence electrons. The van der Waals surface area contributed by atoms with Crippen molar-refractivity contribution in [2.45, 2.75) is 56.8 Å². The third-order valence-corrected chi connectivity index (χ3v) is 4.22. The molecule has 0 aromatic rings. The molecule has 2 saturated heterocycles. The summed E-state index contributed by atoms with van der Waals surface area (Å²) in [6.45, 7) is 7.43. The van der Waals surface area contributed by atoms with Gasteiger partial charge >= 0.3 is 6.09 Å². The van der Waals surface area contributed by atoms with Crippen molar-refractivity contribution in [1.82, 2.24) is 4.90 Å². The highest BCUT2D eigenvalue weighted by atomic mass is 16.6. The van der Waals surface area contributed by atoms with Gasteiger partial charge in [0.25, 0.3) is 0 Å². The molecule has 1 unspecified atom stereocenters. The Morgan fingerprint density at radius 3 is 2.35 bits per heavy atom. The Morgan fingerprint density at radius 2 is 1.90 bits per heavy atom. The van der Waals surface area contributed by atoms with E-state index in [2.05, 4.69) is 0 Å². The van der Waals surface area contributed by atoms with Gasteiger partial charge in [-0.05, 0) is 40.0 Å². The standard InChI is InChI=1S/C14H26N2O4/c1-12(2,3)20-11(17)16-7-4-14(18,5-8-16)13(15)6-9-19-10-13/h18H,4-10,15H2,1-3H3. The molecular weight excluding hydrogens is 260 g/mol. The van der Waals surface area contributed by atoms with Crippen molar-refractivity contribution < 1.29 is 19.4 Å². The zero-order valence-corrected chi connectivity index (χ0v) is 12.6. The molecule has 2 aliphatic heterocycles. The maximum Gasteiger partial charge on any atom is 0.410 e. The Labute approximate surface area is 120 Å². The van der Waals surface area contributed by atoms with Crippen LogP contribution in [0.1, 0.15) is 40.0 Å². The van der Waals surface area contributed by atoms with E-state index in [1.165, 1.54) is 0 Å². The molecule has 0 aliphatic carbocycles. The van der Waals surface area contributed by atoms with Crippen LogP contribution in [0.3, 0.4) is 0 Å². The summed E-state index contributed by atoms with van der Waals surface area (Å²) in [6, 6.07) is 0. The molecular formula is C14H26N2O4. The highest BCUT2D eigenvalue weighted by molar-refractivity contribution is 5.68. The van der Waals surface area contributed by atoms with Gasteiger partial charge in [-0.25, -0.2) is 4.79 Å². The molecule has 0 aromatic heterocycles. The summed E-state index contributed by atoms with van der Waals surface area (Å²) in [5, 5.41) is 10.8. The highest BCUT2D eigenvalue weighted by Gasteiger charge is 2.51. The summed E-state index contributed by atoms with van der Waals surface area (Å²) in [5.74, 6) is 0. The maximum atomic E-state index is 12.0. The number of carbonyl (C=O) groups excluding carboxylic acids is 1. The first-order chi connectivity index (χ1) is 9.15. The van der Waals surface area contributed by atoms with Gasteiger partial charge in [0.1, 0.15) is 5.60 Å². The molecule has 2 rings (SSSR count). The first-order valence-corrected chi connectivity index (χ1v) is 7.22. The molecule has 0 spiro atoms. The predicted molar refractivity (Wildman–Crippen MR) is 74.3 cm³/mol. The zero-order chi connectivity index (χ0) is 15.0. The molecule has 0 aromatic carbocycles. The maximum absolute atomic E-state index is 12.0. The van der Waals surface area contributed by atoms with E-state index in [1.54, 1.807) is 4.90 Å². The molecule has 2 fully saturated rings. The van der Waals surface area contributed by atoms with Gasteiger partial charge < -0.3 is 25.2 Å². The van der Waals surface area contributed by atoms with Gasteiger partial charge in [-0.1, -0.05) is 0 Å². The van der Waals surface area contributed by atoms with E-state index in [-0.39, 0.29) is 6.09 Å². The van der Waals surface area contributed by atoms with Crippen LogP contribution in [0.2, 0.25) is 0 Å². The van der Waals surface area contributed by atoms with E-state index in [9.17, 15) is 9.90 Å². The normalized spacial score (nSPS) is 30.4. The van der Waals surface area contributed by atoms with E-state index in [0.717, 1.165) is 0 Å². The molecule has 6 nitrogen and oxygen atoms in total.